The van der Waals surface area contributed by atoms with Crippen molar-refractivity contribution in [1.29, 1.82) is 0 Å². The van der Waals surface area contributed by atoms with Crippen LogP contribution in [0.3, 0.4) is 0 Å². The molecule has 10 heteroatoms. The van der Waals surface area contributed by atoms with E-state index in [-0.39, 0.29) is 11.7 Å². The van der Waals surface area contributed by atoms with Crippen molar-refractivity contribution in [1.82, 2.24) is 15.3 Å². The lowest BCUT2D eigenvalue weighted by Crippen LogP contribution is -2.39. The molecule has 2 aliphatic heterocycles. The minimum atomic E-state index is -4.48. The second-order valence-electron chi connectivity index (χ2n) is 9.75. The smallest absolute Gasteiger partial charge is 0.416 e. The van der Waals surface area contributed by atoms with Gasteiger partial charge in [0.05, 0.1) is 36.6 Å². The summed E-state index contributed by atoms with van der Waals surface area (Å²) in [5, 5.41) is 17.8. The Morgan fingerprint density at radius 3 is 2.79 bits per heavy atom. The van der Waals surface area contributed by atoms with Gasteiger partial charge in [0.1, 0.15) is 11.5 Å². The van der Waals surface area contributed by atoms with Crippen molar-refractivity contribution in [2.45, 2.75) is 31.0 Å². The number of hydrogen-bond donors (Lipinski definition) is 3. The summed E-state index contributed by atoms with van der Waals surface area (Å²) in [5.74, 6) is 1.22. The number of para-hydroxylation sites is 1. The minimum absolute atomic E-state index is 0.0499. The summed E-state index contributed by atoms with van der Waals surface area (Å²) in [6.07, 6.45) is -1.65. The molecule has 6 rings (SSSR count). The van der Waals surface area contributed by atoms with Gasteiger partial charge in [0.25, 0.3) is 0 Å². The van der Waals surface area contributed by atoms with E-state index < -0.39 is 17.8 Å². The zero-order valence-corrected chi connectivity index (χ0v) is 21.2. The number of methoxy groups -OCH3 is 1. The van der Waals surface area contributed by atoms with E-state index >= 15 is 0 Å². The van der Waals surface area contributed by atoms with E-state index in [0.717, 1.165) is 59.5 Å². The number of anilines is 2. The number of nitrogens with zero attached hydrogens (tertiary/aromatic N) is 2. The average Bonchev–Trinajstić information content (AvgIpc) is 3.43. The van der Waals surface area contributed by atoms with E-state index in [0.29, 0.717) is 35.7 Å². The van der Waals surface area contributed by atoms with E-state index in [2.05, 4.69) is 15.6 Å². The molecule has 0 radical (unpaired) electrons. The number of β-amino-alcohol motifs (C(OH)–C–C–N with tert-alkyl or cyclic N) is 1. The Balaban J connectivity index is 1.37. The van der Waals surface area contributed by atoms with Gasteiger partial charge in [-0.1, -0.05) is 24.3 Å². The number of halogens is 3. The SMILES string of the molecule is COc1cc(C(F)(F)F)ccc1-c1cccc2cnc(Nc3ccc(C4CCNCC4O)c4c3OCC4)nc12. The number of fused-ring (bicyclic) bond motifs is 2. The van der Waals surface area contributed by atoms with Crippen LogP contribution in [0.15, 0.2) is 54.7 Å². The maximum Gasteiger partial charge on any atom is 0.416 e. The number of alkyl halides is 3. The Bertz CT molecular complexity index is 1540. The number of aliphatic hydroxyl groups excluding tert-OH is 1. The summed E-state index contributed by atoms with van der Waals surface area (Å²) in [6, 6.07) is 12.8. The van der Waals surface area contributed by atoms with Crippen molar-refractivity contribution in [3.05, 3.63) is 71.4 Å². The normalized spacial score (nSPS) is 19.0. The molecule has 0 aliphatic carbocycles. The number of benzene rings is 3. The monoisotopic (exact) mass is 536 g/mol. The Labute approximate surface area is 223 Å². The van der Waals surface area contributed by atoms with E-state index in [1.54, 1.807) is 18.3 Å². The first-order chi connectivity index (χ1) is 18.8. The summed E-state index contributed by atoms with van der Waals surface area (Å²) in [4.78, 5) is 9.21. The van der Waals surface area contributed by atoms with Gasteiger partial charge in [-0.2, -0.15) is 13.2 Å². The molecule has 4 aromatic rings. The van der Waals surface area contributed by atoms with Gasteiger partial charge in [0.15, 0.2) is 0 Å². The number of aromatic nitrogens is 2. The lowest BCUT2D eigenvalue weighted by Gasteiger charge is -2.30. The first-order valence-corrected chi connectivity index (χ1v) is 12.8. The Kier molecular flexibility index (Phi) is 6.52. The highest BCUT2D eigenvalue weighted by Crippen LogP contribution is 2.43. The van der Waals surface area contributed by atoms with Gasteiger partial charge >= 0.3 is 6.18 Å². The van der Waals surface area contributed by atoms with E-state index in [1.807, 2.05) is 18.2 Å². The highest BCUT2D eigenvalue weighted by atomic mass is 19.4. The van der Waals surface area contributed by atoms with Crippen LogP contribution in [0.25, 0.3) is 22.0 Å². The second kappa shape index (κ2) is 10.0. The highest BCUT2D eigenvalue weighted by Gasteiger charge is 2.32. The van der Waals surface area contributed by atoms with Crippen LogP contribution in [0.1, 0.15) is 29.0 Å². The van der Waals surface area contributed by atoms with Gasteiger partial charge in [-0.25, -0.2) is 9.97 Å². The molecular formula is C29H27F3N4O3. The molecule has 3 heterocycles. The molecule has 2 unspecified atom stereocenters. The highest BCUT2D eigenvalue weighted by molar-refractivity contribution is 5.95. The summed E-state index contributed by atoms with van der Waals surface area (Å²) >= 11 is 0. The zero-order valence-electron chi connectivity index (χ0n) is 21.2. The van der Waals surface area contributed by atoms with Crippen LogP contribution >= 0.6 is 0 Å². The Morgan fingerprint density at radius 1 is 1.13 bits per heavy atom. The molecule has 2 aliphatic rings. The maximum atomic E-state index is 13.3. The largest absolute Gasteiger partial charge is 0.496 e. The Morgan fingerprint density at radius 2 is 2.00 bits per heavy atom. The first kappa shape index (κ1) is 25.4. The predicted octanol–water partition coefficient (Wildman–Crippen LogP) is 5.44. The molecule has 3 aromatic carbocycles. The third-order valence-electron chi connectivity index (χ3n) is 7.42. The minimum Gasteiger partial charge on any atom is -0.496 e. The van der Waals surface area contributed by atoms with Crippen molar-refractivity contribution in [2.24, 2.45) is 0 Å². The third kappa shape index (κ3) is 4.74. The van der Waals surface area contributed by atoms with Crippen molar-refractivity contribution in [3.8, 4) is 22.6 Å². The van der Waals surface area contributed by atoms with E-state index in [1.165, 1.54) is 13.2 Å². The van der Waals surface area contributed by atoms with Gasteiger partial charge in [0.2, 0.25) is 5.95 Å². The number of nitrogens with one attached hydrogen (secondary N) is 2. The van der Waals surface area contributed by atoms with Gasteiger partial charge < -0.3 is 25.2 Å². The molecule has 0 amide bonds. The zero-order chi connectivity index (χ0) is 27.1. The summed E-state index contributed by atoms with van der Waals surface area (Å²) in [5.41, 5.74) is 3.82. The van der Waals surface area contributed by atoms with Crippen LogP contribution in [0, 0.1) is 0 Å². The lowest BCUT2D eigenvalue weighted by atomic mass is 9.84. The molecule has 3 N–H and O–H groups in total. The fourth-order valence-electron chi connectivity index (χ4n) is 5.52. The van der Waals surface area contributed by atoms with Crippen molar-refractivity contribution in [3.63, 3.8) is 0 Å². The van der Waals surface area contributed by atoms with Gasteiger partial charge in [-0.05, 0) is 42.8 Å². The molecular weight excluding hydrogens is 509 g/mol. The van der Waals surface area contributed by atoms with Crippen molar-refractivity contribution < 1.29 is 27.8 Å². The van der Waals surface area contributed by atoms with Gasteiger partial charge in [0, 0.05) is 47.2 Å². The van der Waals surface area contributed by atoms with Crippen LogP contribution in [-0.2, 0) is 12.6 Å². The molecule has 0 saturated carbocycles. The average molecular weight is 537 g/mol. The molecule has 39 heavy (non-hydrogen) atoms. The van der Waals surface area contributed by atoms with Crippen LogP contribution in [0.4, 0.5) is 24.8 Å². The van der Waals surface area contributed by atoms with Crippen LogP contribution in [0.5, 0.6) is 11.5 Å². The summed E-state index contributed by atoms with van der Waals surface area (Å²) in [6.45, 7) is 1.98. The summed E-state index contributed by atoms with van der Waals surface area (Å²) < 4.78 is 51.2. The number of rotatable bonds is 5. The predicted molar refractivity (Wildman–Crippen MR) is 142 cm³/mol. The number of piperidine rings is 1. The molecule has 202 valence electrons. The first-order valence-electron chi connectivity index (χ1n) is 12.8. The van der Waals surface area contributed by atoms with Gasteiger partial charge in [-0.3, -0.25) is 0 Å². The quantitative estimate of drug-likeness (QED) is 0.313. The molecule has 1 aromatic heterocycles. The molecule has 7 nitrogen and oxygen atoms in total. The van der Waals surface area contributed by atoms with Crippen LogP contribution < -0.4 is 20.1 Å². The fourth-order valence-corrected chi connectivity index (χ4v) is 5.52. The molecule has 1 saturated heterocycles. The third-order valence-corrected chi connectivity index (χ3v) is 7.42. The lowest BCUT2D eigenvalue weighted by molar-refractivity contribution is -0.137. The van der Waals surface area contributed by atoms with Crippen molar-refractivity contribution in [2.75, 3.05) is 32.1 Å². The van der Waals surface area contributed by atoms with Crippen molar-refractivity contribution >= 4 is 22.5 Å². The standard InChI is InChI=1S/C29H27F3N4O3/c1-38-25-13-17(29(30,31)32)5-6-20(25)21-4-2-3-16-14-34-28(36-26(16)21)35-23-8-7-18(22-10-12-39-27(22)23)19-9-11-33-15-24(19)37/h2-8,13-14,19,24,33,37H,9-12,15H2,1H3,(H,34,35,36). The topological polar surface area (TPSA) is 88.5 Å². The van der Waals surface area contributed by atoms with Crippen LogP contribution in [0.2, 0.25) is 0 Å². The fraction of sp³-hybridized carbons (Fsp3) is 0.310. The second-order valence-corrected chi connectivity index (χ2v) is 9.75. The Hall–Kier alpha value is -3.89. The number of ether oxygens (including phenoxy) is 2. The molecule has 1 fully saturated rings. The molecule has 0 bridgehead atoms. The summed E-state index contributed by atoms with van der Waals surface area (Å²) in [7, 11) is 1.35. The molecule has 0 spiro atoms. The van der Waals surface area contributed by atoms with E-state index in [9.17, 15) is 18.3 Å². The van der Waals surface area contributed by atoms with E-state index in [4.69, 9.17) is 14.5 Å². The maximum absolute atomic E-state index is 13.3. The number of hydrogen-bond acceptors (Lipinski definition) is 7. The molecule has 2 atom stereocenters. The van der Waals surface area contributed by atoms with Gasteiger partial charge in [-0.15, -0.1) is 0 Å². The number of aliphatic hydroxyl groups is 1. The van der Waals surface area contributed by atoms with Crippen LogP contribution in [-0.4, -0.2) is 48.0 Å².